The number of rotatable bonds is 4. The lowest BCUT2D eigenvalue weighted by Crippen LogP contribution is -2.28. The summed E-state index contributed by atoms with van der Waals surface area (Å²) in [5.41, 5.74) is 0.675. The SMILES string of the molecule is CC1=C(C#N)C(c2cc(F)c(F)c3c(=O)cc(C)oc23)C(C(=O)CC(C)C)=C(C)N1. The van der Waals surface area contributed by atoms with E-state index in [2.05, 4.69) is 11.4 Å². The van der Waals surface area contributed by atoms with E-state index >= 15 is 0 Å². The van der Waals surface area contributed by atoms with Crippen molar-refractivity contribution in [2.24, 2.45) is 5.92 Å². The molecule has 0 spiro atoms. The van der Waals surface area contributed by atoms with E-state index < -0.39 is 28.4 Å². The molecule has 1 atom stereocenters. The van der Waals surface area contributed by atoms with Crippen molar-refractivity contribution in [2.75, 3.05) is 0 Å². The third-order valence-corrected chi connectivity index (χ3v) is 5.13. The van der Waals surface area contributed by atoms with E-state index in [4.69, 9.17) is 4.42 Å². The predicted molar refractivity (Wildman–Crippen MR) is 108 cm³/mol. The number of hydrogen-bond donors (Lipinski definition) is 1. The molecule has 1 aliphatic rings. The second-order valence-corrected chi connectivity index (χ2v) is 7.96. The number of hydrogen-bond acceptors (Lipinski definition) is 5. The summed E-state index contributed by atoms with van der Waals surface area (Å²) in [6.07, 6.45) is 0.215. The van der Waals surface area contributed by atoms with Crippen LogP contribution < -0.4 is 10.7 Å². The van der Waals surface area contributed by atoms with Crippen LogP contribution in [0.5, 0.6) is 0 Å². The molecule has 0 aliphatic carbocycles. The molecule has 2 aromatic rings. The Balaban J connectivity index is 2.43. The molecule has 1 unspecified atom stereocenters. The molecule has 0 radical (unpaired) electrons. The van der Waals surface area contributed by atoms with Gasteiger partial charge in [-0.05, 0) is 32.8 Å². The highest BCUT2D eigenvalue weighted by Gasteiger charge is 2.36. The smallest absolute Gasteiger partial charge is 0.196 e. The van der Waals surface area contributed by atoms with Gasteiger partial charge in [0, 0.05) is 35.0 Å². The molecule has 1 aromatic heterocycles. The van der Waals surface area contributed by atoms with Crippen LogP contribution in [0.3, 0.4) is 0 Å². The molecule has 5 nitrogen and oxygen atoms in total. The van der Waals surface area contributed by atoms with Gasteiger partial charge >= 0.3 is 0 Å². The van der Waals surface area contributed by atoms with Crippen LogP contribution in [-0.4, -0.2) is 5.78 Å². The van der Waals surface area contributed by atoms with Crippen molar-refractivity contribution < 1.29 is 18.0 Å². The summed E-state index contributed by atoms with van der Waals surface area (Å²) in [7, 11) is 0. The van der Waals surface area contributed by atoms with Gasteiger partial charge in [-0.3, -0.25) is 9.59 Å². The van der Waals surface area contributed by atoms with E-state index in [-0.39, 0.29) is 46.2 Å². The first kappa shape index (κ1) is 21.4. The molecule has 156 valence electrons. The minimum Gasteiger partial charge on any atom is -0.461 e. The Kier molecular flexibility index (Phi) is 5.62. The van der Waals surface area contributed by atoms with Gasteiger partial charge in [0.05, 0.1) is 17.6 Å². The van der Waals surface area contributed by atoms with Crippen LogP contribution in [0, 0.1) is 35.8 Å². The molecule has 0 saturated heterocycles. The van der Waals surface area contributed by atoms with Gasteiger partial charge in [0.25, 0.3) is 0 Å². The monoisotopic (exact) mass is 412 g/mol. The first-order chi connectivity index (χ1) is 14.1. The maximum atomic E-state index is 14.5. The molecule has 30 heavy (non-hydrogen) atoms. The number of benzene rings is 1. The van der Waals surface area contributed by atoms with Crippen molar-refractivity contribution in [2.45, 2.75) is 47.0 Å². The maximum Gasteiger partial charge on any atom is 0.196 e. The van der Waals surface area contributed by atoms with E-state index in [0.717, 1.165) is 12.1 Å². The molecule has 0 amide bonds. The van der Waals surface area contributed by atoms with Gasteiger partial charge in [0.2, 0.25) is 0 Å². The molecular weight excluding hydrogens is 390 g/mol. The molecule has 1 aliphatic heterocycles. The quantitative estimate of drug-likeness (QED) is 0.783. The van der Waals surface area contributed by atoms with Crippen LogP contribution in [0.2, 0.25) is 0 Å². The molecule has 2 heterocycles. The standard InChI is InChI=1S/C23H22F2N2O3/c1-10(2)6-17(28)19-13(5)27-12(4)15(9-26)20(19)14-8-16(24)22(25)21-18(29)7-11(3)30-23(14)21/h7-8,10,20,27H,6H2,1-5H3. The number of halogens is 2. The van der Waals surface area contributed by atoms with Gasteiger partial charge < -0.3 is 9.73 Å². The highest BCUT2D eigenvalue weighted by Crippen LogP contribution is 2.42. The largest absolute Gasteiger partial charge is 0.461 e. The summed E-state index contributed by atoms with van der Waals surface area (Å²) in [5, 5.41) is 12.3. The third kappa shape index (κ3) is 3.54. The number of allylic oxidation sites excluding steroid dienone is 4. The highest BCUT2D eigenvalue weighted by atomic mass is 19.2. The lowest BCUT2D eigenvalue weighted by molar-refractivity contribution is -0.116. The van der Waals surface area contributed by atoms with Crippen molar-refractivity contribution in [1.29, 1.82) is 5.26 Å². The Morgan fingerprint density at radius 3 is 2.50 bits per heavy atom. The van der Waals surface area contributed by atoms with Crippen LogP contribution in [0.25, 0.3) is 11.0 Å². The fraction of sp³-hybridized carbons (Fsp3) is 0.348. The Morgan fingerprint density at radius 1 is 1.23 bits per heavy atom. The van der Waals surface area contributed by atoms with Crippen LogP contribution in [0.15, 0.2) is 43.9 Å². The molecule has 0 fully saturated rings. The molecular formula is C23H22F2N2O3. The van der Waals surface area contributed by atoms with E-state index in [1.807, 2.05) is 13.8 Å². The Morgan fingerprint density at radius 2 is 1.90 bits per heavy atom. The lowest BCUT2D eigenvalue weighted by Gasteiger charge is -2.29. The highest BCUT2D eigenvalue weighted by molar-refractivity contribution is 6.00. The molecule has 0 saturated carbocycles. The van der Waals surface area contributed by atoms with Gasteiger partial charge in [-0.2, -0.15) is 5.26 Å². The van der Waals surface area contributed by atoms with Crippen LogP contribution in [-0.2, 0) is 4.79 Å². The second kappa shape index (κ2) is 7.86. The van der Waals surface area contributed by atoms with Crippen molar-refractivity contribution in [3.05, 3.63) is 67.9 Å². The van der Waals surface area contributed by atoms with Gasteiger partial charge in [0.1, 0.15) is 16.7 Å². The maximum absolute atomic E-state index is 14.5. The number of nitrogens with zero attached hydrogens (tertiary/aromatic N) is 1. The zero-order valence-corrected chi connectivity index (χ0v) is 17.4. The third-order valence-electron chi connectivity index (χ3n) is 5.13. The summed E-state index contributed by atoms with van der Waals surface area (Å²) in [4.78, 5) is 25.5. The van der Waals surface area contributed by atoms with E-state index in [1.54, 1.807) is 13.8 Å². The summed E-state index contributed by atoms with van der Waals surface area (Å²) >= 11 is 0. The van der Waals surface area contributed by atoms with Crippen molar-refractivity contribution >= 4 is 16.8 Å². The average molecular weight is 412 g/mol. The Hall–Kier alpha value is -3.27. The van der Waals surface area contributed by atoms with Crippen molar-refractivity contribution in [3.63, 3.8) is 0 Å². The van der Waals surface area contributed by atoms with Crippen molar-refractivity contribution in [3.8, 4) is 6.07 Å². The normalized spacial score (nSPS) is 16.8. The van der Waals surface area contributed by atoms with Gasteiger partial charge in [-0.25, -0.2) is 8.78 Å². The molecule has 1 aromatic carbocycles. The zero-order valence-electron chi connectivity index (χ0n) is 17.4. The van der Waals surface area contributed by atoms with E-state index in [9.17, 15) is 23.6 Å². The number of aryl methyl sites for hydroxylation is 1. The lowest BCUT2D eigenvalue weighted by atomic mass is 9.77. The Labute approximate surface area is 172 Å². The fourth-order valence-corrected chi connectivity index (χ4v) is 3.92. The number of nitriles is 1. The second-order valence-electron chi connectivity index (χ2n) is 7.96. The molecule has 0 bridgehead atoms. The Bertz CT molecular complexity index is 1230. The number of carbonyl (C=O) groups excluding carboxylic acids is 1. The summed E-state index contributed by atoms with van der Waals surface area (Å²) in [5.74, 6) is -3.48. The molecule has 3 rings (SSSR count). The number of ketones is 1. The first-order valence-electron chi connectivity index (χ1n) is 9.61. The number of dihydropyridines is 1. The molecule has 1 N–H and O–H groups in total. The van der Waals surface area contributed by atoms with Gasteiger partial charge in [-0.15, -0.1) is 0 Å². The first-order valence-corrected chi connectivity index (χ1v) is 9.61. The fourth-order valence-electron chi connectivity index (χ4n) is 3.92. The summed E-state index contributed by atoms with van der Waals surface area (Å²) in [6.45, 7) is 8.66. The summed E-state index contributed by atoms with van der Waals surface area (Å²) in [6, 6.07) is 4.08. The topological polar surface area (TPSA) is 83.1 Å². The predicted octanol–water partition coefficient (Wildman–Crippen LogP) is 4.75. The van der Waals surface area contributed by atoms with E-state index in [1.165, 1.54) is 6.92 Å². The van der Waals surface area contributed by atoms with Gasteiger partial charge in [-0.1, -0.05) is 13.8 Å². The minimum atomic E-state index is -1.31. The number of nitrogens with one attached hydrogen (secondary N) is 1. The number of carbonyl (C=O) groups is 1. The van der Waals surface area contributed by atoms with Crippen LogP contribution >= 0.6 is 0 Å². The van der Waals surface area contributed by atoms with Crippen LogP contribution in [0.4, 0.5) is 8.78 Å². The number of fused-ring (bicyclic) bond motifs is 1. The minimum absolute atomic E-state index is 0.0536. The average Bonchev–Trinajstić information content (AvgIpc) is 2.62. The van der Waals surface area contributed by atoms with Crippen molar-refractivity contribution in [1.82, 2.24) is 5.32 Å². The summed E-state index contributed by atoms with van der Waals surface area (Å²) < 4.78 is 34.7. The zero-order chi connectivity index (χ0) is 22.3. The molecule has 7 heteroatoms. The van der Waals surface area contributed by atoms with Gasteiger partial charge in [0.15, 0.2) is 22.8 Å². The van der Waals surface area contributed by atoms with Crippen LogP contribution in [0.1, 0.15) is 51.4 Å². The van der Waals surface area contributed by atoms with E-state index in [0.29, 0.717) is 11.4 Å². The number of Topliss-reactive ketones (excluding diaryl/α,β-unsaturated/α-hetero) is 1.